The quantitative estimate of drug-likeness (QED) is 0.381. The molecule has 2 N–H and O–H groups in total. The molecule has 4 aromatic carbocycles. The molecular formula is C24H16O6. The van der Waals surface area contributed by atoms with E-state index in [1.807, 2.05) is 0 Å². The van der Waals surface area contributed by atoms with Gasteiger partial charge in [0.15, 0.2) is 0 Å². The van der Waals surface area contributed by atoms with Crippen LogP contribution in [0.1, 0.15) is 20.7 Å². The van der Waals surface area contributed by atoms with Gasteiger partial charge in [0.05, 0.1) is 11.1 Å². The van der Waals surface area contributed by atoms with Crippen molar-refractivity contribution < 1.29 is 29.3 Å². The molecule has 4 rings (SSSR count). The molecule has 4 aromatic rings. The standard InChI is InChI=1S/C24H16O6/c25-17-9-5-15(6-10-17)23(27)29-21-13-14-22(20-4-2-1-3-19(20)21)30-24(28)16-7-11-18(26)12-8-16/h1-14,25-26H. The maximum atomic E-state index is 12.4. The van der Waals surface area contributed by atoms with Gasteiger partial charge in [0.25, 0.3) is 0 Å². The molecular weight excluding hydrogens is 384 g/mol. The van der Waals surface area contributed by atoms with Crippen LogP contribution in [0, 0.1) is 0 Å². The highest BCUT2D eigenvalue weighted by Crippen LogP contribution is 2.34. The van der Waals surface area contributed by atoms with Crippen LogP contribution < -0.4 is 9.47 Å². The Hall–Kier alpha value is -4.32. The van der Waals surface area contributed by atoms with Gasteiger partial charge in [0.2, 0.25) is 0 Å². The Morgan fingerprint density at radius 3 is 1.27 bits per heavy atom. The number of rotatable bonds is 4. The van der Waals surface area contributed by atoms with Crippen LogP contribution in [0.5, 0.6) is 23.0 Å². The molecule has 0 amide bonds. The van der Waals surface area contributed by atoms with E-state index in [9.17, 15) is 19.8 Å². The molecule has 6 heteroatoms. The number of carbonyl (C=O) groups is 2. The predicted octanol–water partition coefficient (Wildman–Crippen LogP) is 4.69. The van der Waals surface area contributed by atoms with Crippen molar-refractivity contribution in [1.29, 1.82) is 0 Å². The molecule has 0 fully saturated rings. The number of aromatic hydroxyl groups is 2. The summed E-state index contributed by atoms with van der Waals surface area (Å²) in [7, 11) is 0. The van der Waals surface area contributed by atoms with E-state index >= 15 is 0 Å². The number of benzene rings is 4. The first kappa shape index (κ1) is 19.0. The zero-order valence-corrected chi connectivity index (χ0v) is 15.6. The highest BCUT2D eigenvalue weighted by atomic mass is 16.5. The fraction of sp³-hybridized carbons (Fsp3) is 0. The molecule has 30 heavy (non-hydrogen) atoms. The summed E-state index contributed by atoms with van der Waals surface area (Å²) in [6.45, 7) is 0. The van der Waals surface area contributed by atoms with Gasteiger partial charge >= 0.3 is 11.9 Å². The second-order valence-corrected chi connectivity index (χ2v) is 6.48. The van der Waals surface area contributed by atoms with E-state index in [0.717, 1.165) is 0 Å². The third-order valence-electron chi connectivity index (χ3n) is 4.46. The van der Waals surface area contributed by atoms with Gasteiger partial charge in [0, 0.05) is 10.8 Å². The van der Waals surface area contributed by atoms with E-state index < -0.39 is 11.9 Å². The molecule has 0 aliphatic heterocycles. The van der Waals surface area contributed by atoms with Crippen LogP contribution in [0.3, 0.4) is 0 Å². The molecule has 0 bridgehead atoms. The first-order valence-corrected chi connectivity index (χ1v) is 9.05. The SMILES string of the molecule is O=C(Oc1ccc(OC(=O)c2ccc(O)cc2)c2ccccc12)c1ccc(O)cc1. The van der Waals surface area contributed by atoms with E-state index in [4.69, 9.17) is 9.47 Å². The molecule has 0 heterocycles. The monoisotopic (exact) mass is 400 g/mol. The van der Waals surface area contributed by atoms with Crippen molar-refractivity contribution in [2.45, 2.75) is 0 Å². The summed E-state index contributed by atoms with van der Waals surface area (Å²) >= 11 is 0. The maximum Gasteiger partial charge on any atom is 0.343 e. The van der Waals surface area contributed by atoms with Crippen molar-refractivity contribution in [3.8, 4) is 23.0 Å². The van der Waals surface area contributed by atoms with Gasteiger partial charge in [-0.15, -0.1) is 0 Å². The average Bonchev–Trinajstić information content (AvgIpc) is 2.76. The lowest BCUT2D eigenvalue weighted by Gasteiger charge is -2.12. The Morgan fingerprint density at radius 2 is 0.900 bits per heavy atom. The van der Waals surface area contributed by atoms with Crippen LogP contribution in [0.2, 0.25) is 0 Å². The Balaban J connectivity index is 1.63. The third-order valence-corrected chi connectivity index (χ3v) is 4.46. The van der Waals surface area contributed by atoms with Gasteiger partial charge in [0.1, 0.15) is 23.0 Å². The molecule has 6 nitrogen and oxygen atoms in total. The molecule has 0 aliphatic carbocycles. The summed E-state index contributed by atoms with van der Waals surface area (Å²) in [6, 6.07) is 21.7. The lowest BCUT2D eigenvalue weighted by atomic mass is 10.1. The fourth-order valence-corrected chi connectivity index (χ4v) is 2.93. The van der Waals surface area contributed by atoms with Gasteiger partial charge in [-0.25, -0.2) is 9.59 Å². The minimum absolute atomic E-state index is 0.0526. The van der Waals surface area contributed by atoms with E-state index in [1.54, 1.807) is 36.4 Å². The second kappa shape index (κ2) is 7.97. The largest absolute Gasteiger partial charge is 0.508 e. The zero-order valence-electron chi connectivity index (χ0n) is 15.6. The van der Waals surface area contributed by atoms with Crippen molar-refractivity contribution in [3.05, 3.63) is 96.1 Å². The molecule has 0 aliphatic rings. The Morgan fingerprint density at radius 1 is 0.533 bits per heavy atom. The normalized spacial score (nSPS) is 10.5. The fourth-order valence-electron chi connectivity index (χ4n) is 2.93. The van der Waals surface area contributed by atoms with Crippen LogP contribution in [-0.2, 0) is 0 Å². The number of phenolic OH excluding ortho intramolecular Hbond substituents is 2. The Labute approximate surface area is 171 Å². The van der Waals surface area contributed by atoms with E-state index in [0.29, 0.717) is 33.4 Å². The molecule has 0 saturated heterocycles. The van der Waals surface area contributed by atoms with E-state index in [-0.39, 0.29) is 11.5 Å². The van der Waals surface area contributed by atoms with Gasteiger partial charge in [-0.2, -0.15) is 0 Å². The molecule has 0 atom stereocenters. The molecule has 0 spiro atoms. The summed E-state index contributed by atoms with van der Waals surface area (Å²) in [6.07, 6.45) is 0. The van der Waals surface area contributed by atoms with Gasteiger partial charge < -0.3 is 19.7 Å². The van der Waals surface area contributed by atoms with Crippen molar-refractivity contribution >= 4 is 22.7 Å². The number of ether oxygens (including phenoxy) is 2. The Bertz CT molecular complexity index is 1130. The number of hydrogen-bond donors (Lipinski definition) is 2. The average molecular weight is 400 g/mol. The molecule has 0 radical (unpaired) electrons. The number of carbonyl (C=O) groups excluding carboxylic acids is 2. The van der Waals surface area contributed by atoms with E-state index in [2.05, 4.69) is 0 Å². The van der Waals surface area contributed by atoms with Gasteiger partial charge in [-0.3, -0.25) is 0 Å². The van der Waals surface area contributed by atoms with E-state index in [1.165, 1.54) is 48.5 Å². The lowest BCUT2D eigenvalue weighted by molar-refractivity contribution is 0.0723. The van der Waals surface area contributed by atoms with Crippen molar-refractivity contribution in [2.75, 3.05) is 0 Å². The number of phenols is 2. The van der Waals surface area contributed by atoms with Crippen molar-refractivity contribution in [3.63, 3.8) is 0 Å². The summed E-state index contributed by atoms with van der Waals surface area (Å²) in [4.78, 5) is 24.9. The summed E-state index contributed by atoms with van der Waals surface area (Å²) < 4.78 is 11.0. The molecule has 148 valence electrons. The number of esters is 2. The minimum Gasteiger partial charge on any atom is -0.508 e. The van der Waals surface area contributed by atoms with Crippen LogP contribution >= 0.6 is 0 Å². The lowest BCUT2D eigenvalue weighted by Crippen LogP contribution is -2.10. The zero-order chi connectivity index (χ0) is 21.1. The van der Waals surface area contributed by atoms with Crippen LogP contribution in [0.25, 0.3) is 10.8 Å². The van der Waals surface area contributed by atoms with Crippen molar-refractivity contribution in [1.82, 2.24) is 0 Å². The molecule has 0 unspecified atom stereocenters. The summed E-state index contributed by atoms with van der Waals surface area (Å²) in [5.74, 6) is -0.419. The summed E-state index contributed by atoms with van der Waals surface area (Å²) in [5, 5.41) is 19.9. The van der Waals surface area contributed by atoms with Gasteiger partial charge in [-0.1, -0.05) is 24.3 Å². The highest BCUT2D eigenvalue weighted by Gasteiger charge is 2.16. The molecule has 0 aromatic heterocycles. The number of hydrogen-bond acceptors (Lipinski definition) is 6. The first-order chi connectivity index (χ1) is 14.5. The van der Waals surface area contributed by atoms with Crippen LogP contribution in [-0.4, -0.2) is 22.2 Å². The summed E-state index contributed by atoms with van der Waals surface area (Å²) in [5.41, 5.74) is 0.583. The number of fused-ring (bicyclic) bond motifs is 1. The van der Waals surface area contributed by atoms with Crippen LogP contribution in [0.4, 0.5) is 0 Å². The Kier molecular flexibility index (Phi) is 5.05. The van der Waals surface area contributed by atoms with Crippen molar-refractivity contribution in [2.24, 2.45) is 0 Å². The second-order valence-electron chi connectivity index (χ2n) is 6.48. The molecule has 0 saturated carbocycles. The topological polar surface area (TPSA) is 93.1 Å². The minimum atomic E-state index is -0.575. The van der Waals surface area contributed by atoms with Gasteiger partial charge in [-0.05, 0) is 60.7 Å². The first-order valence-electron chi connectivity index (χ1n) is 9.05. The smallest absolute Gasteiger partial charge is 0.343 e. The van der Waals surface area contributed by atoms with Crippen LogP contribution in [0.15, 0.2) is 84.9 Å². The maximum absolute atomic E-state index is 12.4. The predicted molar refractivity (Wildman–Crippen MR) is 110 cm³/mol. The third kappa shape index (κ3) is 3.93. The highest BCUT2D eigenvalue weighted by molar-refractivity contribution is 6.00.